The van der Waals surface area contributed by atoms with E-state index in [0.717, 1.165) is 28.7 Å². The first-order valence-corrected chi connectivity index (χ1v) is 10.6. The third-order valence-corrected chi connectivity index (χ3v) is 5.22. The van der Waals surface area contributed by atoms with E-state index in [-0.39, 0.29) is 12.5 Å². The zero-order chi connectivity index (χ0) is 23.0. The number of anilines is 3. The van der Waals surface area contributed by atoms with Gasteiger partial charge in [-0.05, 0) is 39.3 Å². The SMILES string of the molecule is CCNC(=O)Cn1cc(C)c(Nc2ncc(C=O)s2)n1.CNc1c(C)ccc(O)c1C. The monoisotopic (exact) mass is 444 g/mol. The zero-order valence-electron chi connectivity index (χ0n) is 18.3. The quantitative estimate of drug-likeness (QED) is 0.412. The first kappa shape index (κ1) is 23.9. The Morgan fingerprint density at radius 2 is 2.00 bits per heavy atom. The largest absolute Gasteiger partial charge is 0.508 e. The second-order valence-electron chi connectivity index (χ2n) is 6.77. The molecule has 31 heavy (non-hydrogen) atoms. The molecule has 0 aliphatic carbocycles. The Labute approximate surface area is 185 Å². The third-order valence-electron chi connectivity index (χ3n) is 4.38. The molecular formula is C21H28N6O3S. The van der Waals surface area contributed by atoms with Gasteiger partial charge in [0, 0.05) is 36.6 Å². The van der Waals surface area contributed by atoms with E-state index in [1.165, 1.54) is 17.5 Å². The van der Waals surface area contributed by atoms with Gasteiger partial charge in [-0.15, -0.1) is 0 Å². The number of nitrogens with one attached hydrogen (secondary N) is 3. The van der Waals surface area contributed by atoms with Crippen LogP contribution in [0, 0.1) is 20.8 Å². The molecule has 3 aromatic rings. The van der Waals surface area contributed by atoms with Gasteiger partial charge in [0.1, 0.15) is 12.3 Å². The van der Waals surface area contributed by atoms with Crippen LogP contribution >= 0.6 is 11.3 Å². The number of aldehydes is 1. The standard InChI is InChI=1S/C12H15N5O2S.C9H13NO/c1-3-13-10(19)6-17-5-8(2)11(16-17)15-12-14-4-9(7-18)20-12;1-6-4-5-8(11)7(2)9(6)10-3/h4-5,7H,3,6H2,1-2H3,(H,13,19)(H,14,15,16);4-5,10-11H,1-3H3. The Kier molecular flexibility index (Phi) is 8.56. The molecule has 0 bridgehead atoms. The topological polar surface area (TPSA) is 121 Å². The highest BCUT2D eigenvalue weighted by atomic mass is 32.1. The Morgan fingerprint density at radius 1 is 1.26 bits per heavy atom. The average molecular weight is 445 g/mol. The van der Waals surface area contributed by atoms with Gasteiger partial charge in [0.15, 0.2) is 17.2 Å². The number of rotatable bonds is 7. The maximum atomic E-state index is 11.5. The van der Waals surface area contributed by atoms with E-state index in [1.54, 1.807) is 16.9 Å². The van der Waals surface area contributed by atoms with E-state index in [1.807, 2.05) is 40.8 Å². The lowest BCUT2D eigenvalue weighted by Crippen LogP contribution is -2.27. The van der Waals surface area contributed by atoms with Crippen LogP contribution in [0.2, 0.25) is 0 Å². The average Bonchev–Trinajstić information content (AvgIpc) is 3.32. The molecule has 0 aliphatic rings. The molecule has 0 aliphatic heterocycles. The van der Waals surface area contributed by atoms with Crippen molar-refractivity contribution >= 4 is 40.2 Å². The fourth-order valence-corrected chi connectivity index (χ4v) is 3.48. The lowest BCUT2D eigenvalue weighted by molar-refractivity contribution is -0.121. The van der Waals surface area contributed by atoms with Gasteiger partial charge >= 0.3 is 0 Å². The summed E-state index contributed by atoms with van der Waals surface area (Å²) in [6.07, 6.45) is 4.04. The van der Waals surface area contributed by atoms with E-state index in [0.29, 0.717) is 28.1 Å². The van der Waals surface area contributed by atoms with Gasteiger partial charge in [0.2, 0.25) is 5.91 Å². The number of benzene rings is 1. The second-order valence-corrected chi connectivity index (χ2v) is 7.84. The van der Waals surface area contributed by atoms with Crippen molar-refractivity contribution in [3.63, 3.8) is 0 Å². The number of hydrogen-bond acceptors (Lipinski definition) is 8. The predicted molar refractivity (Wildman–Crippen MR) is 124 cm³/mol. The number of hydrogen-bond donors (Lipinski definition) is 4. The van der Waals surface area contributed by atoms with Gasteiger partial charge in [0.05, 0.1) is 11.1 Å². The molecule has 2 heterocycles. The molecule has 9 nitrogen and oxygen atoms in total. The van der Waals surface area contributed by atoms with Crippen LogP contribution in [0.25, 0.3) is 0 Å². The van der Waals surface area contributed by atoms with E-state index in [4.69, 9.17) is 0 Å². The molecule has 10 heteroatoms. The molecule has 0 radical (unpaired) electrons. The van der Waals surface area contributed by atoms with Gasteiger partial charge in [-0.2, -0.15) is 5.10 Å². The van der Waals surface area contributed by atoms with Crippen LogP contribution in [0.5, 0.6) is 5.75 Å². The normalized spacial score (nSPS) is 10.1. The molecule has 2 aromatic heterocycles. The Morgan fingerprint density at radius 3 is 2.58 bits per heavy atom. The maximum absolute atomic E-state index is 11.5. The first-order valence-electron chi connectivity index (χ1n) is 9.74. The van der Waals surface area contributed by atoms with Crippen molar-refractivity contribution in [2.24, 2.45) is 0 Å². The zero-order valence-corrected chi connectivity index (χ0v) is 19.1. The van der Waals surface area contributed by atoms with Crippen LogP contribution < -0.4 is 16.0 Å². The highest BCUT2D eigenvalue weighted by Gasteiger charge is 2.10. The molecule has 4 N–H and O–H groups in total. The second kappa shape index (κ2) is 11.1. The number of amides is 1. The van der Waals surface area contributed by atoms with E-state index in [9.17, 15) is 14.7 Å². The summed E-state index contributed by atoms with van der Waals surface area (Å²) in [4.78, 5) is 26.7. The number of thiazole rings is 1. The van der Waals surface area contributed by atoms with E-state index >= 15 is 0 Å². The molecule has 1 aromatic carbocycles. The summed E-state index contributed by atoms with van der Waals surface area (Å²) in [5.41, 5.74) is 3.98. The van der Waals surface area contributed by atoms with Crippen LogP contribution in [-0.4, -0.2) is 45.7 Å². The van der Waals surface area contributed by atoms with Crippen molar-refractivity contribution in [2.75, 3.05) is 24.2 Å². The molecule has 0 atom stereocenters. The number of carbonyl (C=O) groups excluding carboxylic acids is 2. The van der Waals surface area contributed by atoms with E-state index in [2.05, 4.69) is 26.0 Å². The Hall–Kier alpha value is -3.40. The van der Waals surface area contributed by atoms with Crippen molar-refractivity contribution in [3.8, 4) is 5.75 Å². The third kappa shape index (κ3) is 6.54. The summed E-state index contributed by atoms with van der Waals surface area (Å²) in [5, 5.41) is 23.0. The van der Waals surface area contributed by atoms with Crippen molar-refractivity contribution in [2.45, 2.75) is 34.2 Å². The smallest absolute Gasteiger partial charge is 0.241 e. The van der Waals surface area contributed by atoms with Crippen LogP contribution in [-0.2, 0) is 11.3 Å². The number of phenols is 1. The van der Waals surface area contributed by atoms with E-state index < -0.39 is 0 Å². The van der Waals surface area contributed by atoms with Crippen molar-refractivity contribution < 1.29 is 14.7 Å². The lowest BCUT2D eigenvalue weighted by atomic mass is 10.1. The predicted octanol–water partition coefficient (Wildman–Crippen LogP) is 3.39. The number of aromatic nitrogens is 3. The van der Waals surface area contributed by atoms with Gasteiger partial charge in [0.25, 0.3) is 0 Å². The van der Waals surface area contributed by atoms with Crippen LogP contribution in [0.4, 0.5) is 16.6 Å². The minimum Gasteiger partial charge on any atom is -0.508 e. The molecule has 0 unspecified atom stereocenters. The molecule has 1 amide bonds. The van der Waals surface area contributed by atoms with Gasteiger partial charge in [-0.25, -0.2) is 4.98 Å². The minimum atomic E-state index is -0.0842. The summed E-state index contributed by atoms with van der Waals surface area (Å²) < 4.78 is 1.57. The Balaban J connectivity index is 0.000000262. The first-order chi connectivity index (χ1) is 14.8. The van der Waals surface area contributed by atoms with Crippen molar-refractivity contribution in [1.29, 1.82) is 0 Å². The van der Waals surface area contributed by atoms with Gasteiger partial charge in [-0.3, -0.25) is 14.3 Å². The molecule has 3 rings (SSSR count). The summed E-state index contributed by atoms with van der Waals surface area (Å²) in [5.74, 6) is 0.889. The van der Waals surface area contributed by atoms with Crippen LogP contribution in [0.3, 0.4) is 0 Å². The number of phenolic OH excluding ortho intramolecular Hbond substituents is 1. The maximum Gasteiger partial charge on any atom is 0.241 e. The molecular weight excluding hydrogens is 416 g/mol. The fraction of sp³-hybridized carbons (Fsp3) is 0.333. The number of aromatic hydroxyl groups is 1. The summed E-state index contributed by atoms with van der Waals surface area (Å²) >= 11 is 1.25. The van der Waals surface area contributed by atoms with Crippen LogP contribution in [0.15, 0.2) is 24.5 Å². The molecule has 0 spiro atoms. The molecule has 0 fully saturated rings. The summed E-state index contributed by atoms with van der Waals surface area (Å²) in [6.45, 7) is 8.43. The summed E-state index contributed by atoms with van der Waals surface area (Å²) in [7, 11) is 1.86. The number of carbonyl (C=O) groups is 2. The highest BCUT2D eigenvalue weighted by molar-refractivity contribution is 7.17. The molecule has 0 saturated heterocycles. The van der Waals surface area contributed by atoms with Gasteiger partial charge in [-0.1, -0.05) is 17.4 Å². The van der Waals surface area contributed by atoms with Gasteiger partial charge < -0.3 is 21.1 Å². The number of nitrogens with zero attached hydrogens (tertiary/aromatic N) is 3. The summed E-state index contributed by atoms with van der Waals surface area (Å²) in [6, 6.07) is 3.61. The van der Waals surface area contributed by atoms with Crippen LogP contribution in [0.1, 0.15) is 33.3 Å². The molecule has 0 saturated carbocycles. The lowest BCUT2D eigenvalue weighted by Gasteiger charge is -2.09. The van der Waals surface area contributed by atoms with Crippen molar-refractivity contribution in [3.05, 3.63) is 46.1 Å². The molecule has 166 valence electrons. The number of likely N-dealkylation sites (N-methyl/N-ethyl adjacent to an activating group) is 1. The Bertz CT molecular complexity index is 1040. The highest BCUT2D eigenvalue weighted by Crippen LogP contribution is 2.27. The van der Waals surface area contributed by atoms with Crippen molar-refractivity contribution in [1.82, 2.24) is 20.1 Å². The fourth-order valence-electron chi connectivity index (χ4n) is 2.85. The minimum absolute atomic E-state index is 0.0842. The number of aryl methyl sites for hydroxylation is 2.